The van der Waals surface area contributed by atoms with Crippen LogP contribution in [0.25, 0.3) is 10.8 Å². The van der Waals surface area contributed by atoms with E-state index in [9.17, 15) is 0 Å². The molecular weight excluding hydrogens is 334 g/mol. The molecular formula is C22H15N5. The predicted octanol–water partition coefficient (Wildman–Crippen LogP) is 4.66. The molecule has 0 unspecified atom stereocenters. The van der Waals surface area contributed by atoms with Gasteiger partial charge in [-0.15, -0.1) is 0 Å². The van der Waals surface area contributed by atoms with E-state index in [2.05, 4.69) is 21.4 Å². The molecule has 0 radical (unpaired) electrons. The van der Waals surface area contributed by atoms with E-state index >= 15 is 0 Å². The Bertz CT molecular complexity index is 1170. The number of anilines is 2. The van der Waals surface area contributed by atoms with Crippen molar-refractivity contribution < 1.29 is 0 Å². The Balaban J connectivity index is 1.65. The first kappa shape index (κ1) is 16.4. The molecule has 0 aliphatic carbocycles. The van der Waals surface area contributed by atoms with Crippen molar-refractivity contribution in [1.82, 2.24) is 9.97 Å². The smallest absolute Gasteiger partial charge is 0.227 e. The maximum Gasteiger partial charge on any atom is 0.227 e. The van der Waals surface area contributed by atoms with Crippen LogP contribution in [0.3, 0.4) is 0 Å². The Labute approximate surface area is 156 Å². The van der Waals surface area contributed by atoms with E-state index in [4.69, 9.17) is 10.7 Å². The Morgan fingerprint density at radius 1 is 0.926 bits per heavy atom. The highest BCUT2D eigenvalue weighted by molar-refractivity contribution is 6.17. The van der Waals surface area contributed by atoms with Crippen LogP contribution in [-0.2, 0) is 0 Å². The number of aromatic nitrogens is 2. The first-order chi connectivity index (χ1) is 13.2. The fraction of sp³-hybridized carbons (Fsp3) is 0. The molecule has 1 heterocycles. The number of hydrogen-bond acceptors (Lipinski definition) is 5. The summed E-state index contributed by atoms with van der Waals surface area (Å²) in [5, 5.41) is 22.7. The van der Waals surface area contributed by atoms with Gasteiger partial charge in [0, 0.05) is 17.4 Å². The molecule has 0 aliphatic heterocycles. The van der Waals surface area contributed by atoms with E-state index < -0.39 is 0 Å². The topological polar surface area (TPSA) is 85.5 Å². The van der Waals surface area contributed by atoms with Crippen LogP contribution in [0.2, 0.25) is 0 Å². The average Bonchev–Trinajstić information content (AvgIpc) is 2.73. The molecule has 0 fully saturated rings. The van der Waals surface area contributed by atoms with Crippen molar-refractivity contribution in [2.75, 3.05) is 5.32 Å². The Morgan fingerprint density at radius 3 is 2.52 bits per heavy atom. The van der Waals surface area contributed by atoms with Crippen molar-refractivity contribution in [3.05, 3.63) is 95.8 Å². The molecule has 0 amide bonds. The molecule has 0 atom stereocenters. The summed E-state index contributed by atoms with van der Waals surface area (Å²) in [5.74, 6) is 0.405. The lowest BCUT2D eigenvalue weighted by atomic mass is 9.99. The minimum atomic E-state index is 0.345. The summed E-state index contributed by atoms with van der Waals surface area (Å²) >= 11 is 0. The number of nitrogens with one attached hydrogen (secondary N) is 2. The molecule has 1 aromatic heterocycles. The van der Waals surface area contributed by atoms with E-state index in [1.807, 2.05) is 42.5 Å². The van der Waals surface area contributed by atoms with Crippen LogP contribution in [0.15, 0.2) is 79.0 Å². The second-order valence-corrected chi connectivity index (χ2v) is 5.98. The lowest BCUT2D eigenvalue weighted by Crippen LogP contribution is -2.07. The van der Waals surface area contributed by atoms with Gasteiger partial charge in [-0.3, -0.25) is 5.41 Å². The van der Waals surface area contributed by atoms with Gasteiger partial charge in [0.2, 0.25) is 5.95 Å². The fourth-order valence-corrected chi connectivity index (χ4v) is 2.90. The summed E-state index contributed by atoms with van der Waals surface area (Å²) in [6, 6.07) is 24.8. The summed E-state index contributed by atoms with van der Waals surface area (Å²) in [6.45, 7) is 0. The number of hydrogen-bond donors (Lipinski definition) is 2. The predicted molar refractivity (Wildman–Crippen MR) is 106 cm³/mol. The van der Waals surface area contributed by atoms with Crippen molar-refractivity contribution in [3.8, 4) is 6.07 Å². The van der Waals surface area contributed by atoms with E-state index in [0.717, 1.165) is 22.0 Å². The molecule has 0 saturated carbocycles. The molecule has 0 aliphatic rings. The minimum Gasteiger partial charge on any atom is -0.324 e. The van der Waals surface area contributed by atoms with Gasteiger partial charge in [-0.05, 0) is 41.1 Å². The lowest BCUT2D eigenvalue weighted by Gasteiger charge is -2.10. The third kappa shape index (κ3) is 3.37. The summed E-state index contributed by atoms with van der Waals surface area (Å²) in [6.07, 6.45) is 1.63. The highest BCUT2D eigenvalue weighted by Gasteiger charge is 2.11. The molecule has 3 aromatic carbocycles. The van der Waals surface area contributed by atoms with Gasteiger partial charge in [0.05, 0.1) is 23.0 Å². The van der Waals surface area contributed by atoms with Crippen LogP contribution in [0.4, 0.5) is 11.6 Å². The zero-order chi connectivity index (χ0) is 18.6. The molecule has 0 spiro atoms. The zero-order valence-electron chi connectivity index (χ0n) is 14.3. The van der Waals surface area contributed by atoms with E-state index in [-0.39, 0.29) is 0 Å². The summed E-state index contributed by atoms with van der Waals surface area (Å²) in [7, 11) is 0. The quantitative estimate of drug-likeness (QED) is 0.525. The number of nitrogens with zero attached hydrogens (tertiary/aromatic N) is 3. The summed E-state index contributed by atoms with van der Waals surface area (Å²) < 4.78 is 0. The SMILES string of the molecule is N#Cc1ccc(Nc2nccc(C(=N)c3cccc4ccccc34)n2)cc1. The molecule has 27 heavy (non-hydrogen) atoms. The number of rotatable bonds is 4. The Hall–Kier alpha value is -4.04. The van der Waals surface area contributed by atoms with E-state index in [0.29, 0.717) is 22.9 Å². The third-order valence-electron chi connectivity index (χ3n) is 4.24. The molecule has 0 saturated heterocycles. The van der Waals surface area contributed by atoms with Crippen LogP contribution in [0, 0.1) is 16.7 Å². The van der Waals surface area contributed by atoms with Gasteiger partial charge < -0.3 is 5.32 Å². The van der Waals surface area contributed by atoms with Gasteiger partial charge in [0.15, 0.2) is 0 Å². The van der Waals surface area contributed by atoms with Crippen LogP contribution >= 0.6 is 0 Å². The molecule has 2 N–H and O–H groups in total. The van der Waals surface area contributed by atoms with Gasteiger partial charge in [-0.2, -0.15) is 5.26 Å². The normalized spacial score (nSPS) is 10.3. The zero-order valence-corrected chi connectivity index (χ0v) is 14.3. The molecule has 5 heteroatoms. The first-order valence-corrected chi connectivity index (χ1v) is 8.42. The molecule has 5 nitrogen and oxygen atoms in total. The largest absolute Gasteiger partial charge is 0.324 e. The van der Waals surface area contributed by atoms with Gasteiger partial charge in [-0.25, -0.2) is 9.97 Å². The highest BCUT2D eigenvalue weighted by atomic mass is 15.1. The monoisotopic (exact) mass is 349 g/mol. The van der Waals surface area contributed by atoms with Gasteiger partial charge in [-0.1, -0.05) is 42.5 Å². The molecule has 0 bridgehead atoms. The third-order valence-corrected chi connectivity index (χ3v) is 4.24. The molecule has 4 rings (SSSR count). The van der Waals surface area contributed by atoms with Gasteiger partial charge in [0.25, 0.3) is 0 Å². The second-order valence-electron chi connectivity index (χ2n) is 5.98. The van der Waals surface area contributed by atoms with Crippen LogP contribution in [-0.4, -0.2) is 15.7 Å². The fourth-order valence-electron chi connectivity index (χ4n) is 2.90. The van der Waals surface area contributed by atoms with Crippen molar-refractivity contribution in [3.63, 3.8) is 0 Å². The summed E-state index contributed by atoms with van der Waals surface area (Å²) in [4.78, 5) is 8.71. The van der Waals surface area contributed by atoms with Crippen molar-refractivity contribution in [1.29, 1.82) is 10.7 Å². The van der Waals surface area contributed by atoms with Gasteiger partial charge in [0.1, 0.15) is 0 Å². The molecule has 128 valence electrons. The standard InChI is InChI=1S/C22H15N5/c23-14-15-8-10-17(11-9-15)26-22-25-13-12-20(27-22)21(24)19-7-3-5-16-4-1-2-6-18(16)19/h1-13,24H,(H,25,26,27). The van der Waals surface area contributed by atoms with E-state index in [1.54, 1.807) is 36.5 Å². The number of fused-ring (bicyclic) bond motifs is 1. The number of nitriles is 1. The minimum absolute atomic E-state index is 0.345. The van der Waals surface area contributed by atoms with Crippen LogP contribution in [0.1, 0.15) is 16.8 Å². The Kier molecular flexibility index (Phi) is 4.30. The maximum absolute atomic E-state index is 8.88. The number of benzene rings is 3. The average molecular weight is 349 g/mol. The summed E-state index contributed by atoms with van der Waals surface area (Å²) in [5.41, 5.74) is 3.08. The second kappa shape index (κ2) is 7.06. The highest BCUT2D eigenvalue weighted by Crippen LogP contribution is 2.21. The van der Waals surface area contributed by atoms with Crippen molar-refractivity contribution in [2.45, 2.75) is 0 Å². The first-order valence-electron chi connectivity index (χ1n) is 8.42. The van der Waals surface area contributed by atoms with Crippen molar-refractivity contribution >= 4 is 28.1 Å². The Morgan fingerprint density at radius 2 is 1.70 bits per heavy atom. The lowest BCUT2D eigenvalue weighted by molar-refractivity contribution is 1.14. The van der Waals surface area contributed by atoms with Gasteiger partial charge >= 0.3 is 0 Å². The van der Waals surface area contributed by atoms with Crippen LogP contribution in [0.5, 0.6) is 0 Å². The van der Waals surface area contributed by atoms with E-state index in [1.165, 1.54) is 0 Å². The van der Waals surface area contributed by atoms with Crippen LogP contribution < -0.4 is 5.32 Å². The molecule has 4 aromatic rings. The van der Waals surface area contributed by atoms with Crippen molar-refractivity contribution in [2.24, 2.45) is 0 Å². The maximum atomic E-state index is 8.88.